The number of nitrogens with zero attached hydrogens (tertiary/aromatic N) is 1. The highest BCUT2D eigenvalue weighted by molar-refractivity contribution is 5.95. The normalized spacial score (nSPS) is 21.4. The van der Waals surface area contributed by atoms with E-state index in [-0.39, 0.29) is 18.1 Å². The first-order chi connectivity index (χ1) is 11.0. The summed E-state index contributed by atoms with van der Waals surface area (Å²) in [5.74, 6) is 0.598. The number of benzene rings is 1. The van der Waals surface area contributed by atoms with Gasteiger partial charge in [0.05, 0.1) is 12.1 Å². The minimum atomic E-state index is -0.104. The highest BCUT2D eigenvalue weighted by atomic mass is 16.5. The van der Waals surface area contributed by atoms with Crippen LogP contribution in [-0.2, 0) is 4.74 Å². The molecule has 2 rings (SSSR count). The van der Waals surface area contributed by atoms with Crippen LogP contribution in [0, 0.1) is 6.92 Å². The molecule has 128 valence electrons. The second kappa shape index (κ2) is 8.29. The number of likely N-dealkylation sites (N-methyl/N-ethyl adjacent to an activating group) is 1. The average Bonchev–Trinajstić information content (AvgIpc) is 2.86. The van der Waals surface area contributed by atoms with Crippen LogP contribution >= 0.6 is 0 Å². The van der Waals surface area contributed by atoms with Crippen molar-refractivity contribution in [2.45, 2.75) is 26.0 Å². The summed E-state index contributed by atoms with van der Waals surface area (Å²) in [6, 6.07) is 5.48. The molecule has 1 aromatic carbocycles. The standard InChI is InChI=1S/C17H27N3O3/c1-4-22-16-11-20(3)10-14(16)19-17(21)13-6-5-12(2)15(9-13)23-8-7-18/h5-6,9,14,16H,4,7-8,10-11,18H2,1-3H3,(H,19,21)/t14-,16-/m0/s1. The van der Waals surface area contributed by atoms with Gasteiger partial charge in [0, 0.05) is 31.8 Å². The molecule has 2 atom stereocenters. The minimum absolute atomic E-state index is 0.00200. The maximum atomic E-state index is 12.5. The summed E-state index contributed by atoms with van der Waals surface area (Å²) in [4.78, 5) is 14.7. The molecule has 0 radical (unpaired) electrons. The summed E-state index contributed by atoms with van der Waals surface area (Å²) in [7, 11) is 2.03. The number of rotatable bonds is 7. The monoisotopic (exact) mass is 321 g/mol. The largest absolute Gasteiger partial charge is 0.492 e. The number of hydrogen-bond acceptors (Lipinski definition) is 5. The molecule has 1 amide bonds. The van der Waals surface area contributed by atoms with Crippen LogP contribution in [0.1, 0.15) is 22.8 Å². The third-order valence-corrected chi connectivity index (χ3v) is 3.97. The Morgan fingerprint density at radius 1 is 1.43 bits per heavy atom. The Morgan fingerprint density at radius 2 is 2.22 bits per heavy atom. The summed E-state index contributed by atoms with van der Waals surface area (Å²) in [5, 5.41) is 3.08. The summed E-state index contributed by atoms with van der Waals surface area (Å²) in [6.07, 6.45) is 0.0346. The fourth-order valence-electron chi connectivity index (χ4n) is 2.80. The van der Waals surface area contributed by atoms with E-state index in [9.17, 15) is 4.79 Å². The number of ether oxygens (including phenoxy) is 2. The van der Waals surface area contributed by atoms with E-state index < -0.39 is 0 Å². The van der Waals surface area contributed by atoms with Crippen LogP contribution < -0.4 is 15.8 Å². The fraction of sp³-hybridized carbons (Fsp3) is 0.588. The number of amides is 1. The van der Waals surface area contributed by atoms with Crippen LogP contribution in [-0.4, -0.2) is 62.8 Å². The molecule has 0 spiro atoms. The third kappa shape index (κ3) is 4.67. The third-order valence-electron chi connectivity index (χ3n) is 3.97. The smallest absolute Gasteiger partial charge is 0.251 e. The Morgan fingerprint density at radius 3 is 2.91 bits per heavy atom. The Hall–Kier alpha value is -1.63. The Kier molecular flexibility index (Phi) is 6.38. The van der Waals surface area contributed by atoms with Crippen LogP contribution in [0.4, 0.5) is 0 Å². The zero-order valence-electron chi connectivity index (χ0n) is 14.2. The Labute approximate surface area is 137 Å². The maximum absolute atomic E-state index is 12.5. The van der Waals surface area contributed by atoms with Crippen molar-refractivity contribution in [2.24, 2.45) is 5.73 Å². The average molecular weight is 321 g/mol. The molecule has 0 aromatic heterocycles. The van der Waals surface area contributed by atoms with Gasteiger partial charge in [-0.1, -0.05) is 6.07 Å². The van der Waals surface area contributed by atoms with E-state index in [1.165, 1.54) is 0 Å². The van der Waals surface area contributed by atoms with Crippen LogP contribution in [0.15, 0.2) is 18.2 Å². The Bertz CT molecular complexity index is 536. The number of nitrogens with one attached hydrogen (secondary N) is 1. The van der Waals surface area contributed by atoms with Gasteiger partial charge in [-0.3, -0.25) is 4.79 Å². The van der Waals surface area contributed by atoms with Gasteiger partial charge in [0.1, 0.15) is 12.4 Å². The predicted octanol–water partition coefficient (Wildman–Crippen LogP) is 0.781. The molecular weight excluding hydrogens is 294 g/mol. The zero-order chi connectivity index (χ0) is 16.8. The lowest BCUT2D eigenvalue weighted by Crippen LogP contribution is -2.44. The van der Waals surface area contributed by atoms with E-state index in [2.05, 4.69) is 10.2 Å². The van der Waals surface area contributed by atoms with Gasteiger partial charge in [0.15, 0.2) is 0 Å². The van der Waals surface area contributed by atoms with Crippen LogP contribution in [0.2, 0.25) is 0 Å². The minimum Gasteiger partial charge on any atom is -0.492 e. The van der Waals surface area contributed by atoms with Crippen molar-refractivity contribution in [2.75, 3.05) is 39.9 Å². The molecule has 1 fully saturated rings. The second-order valence-electron chi connectivity index (χ2n) is 5.91. The molecule has 6 heteroatoms. The first-order valence-corrected chi connectivity index (χ1v) is 8.09. The maximum Gasteiger partial charge on any atom is 0.251 e. The van der Waals surface area contributed by atoms with Crippen LogP contribution in [0.25, 0.3) is 0 Å². The quantitative estimate of drug-likeness (QED) is 0.776. The van der Waals surface area contributed by atoms with Gasteiger partial charge in [-0.2, -0.15) is 0 Å². The molecule has 1 saturated heterocycles. The van der Waals surface area contributed by atoms with Gasteiger partial charge >= 0.3 is 0 Å². The lowest BCUT2D eigenvalue weighted by Gasteiger charge is -2.20. The topological polar surface area (TPSA) is 76.8 Å². The Balaban J connectivity index is 2.05. The van der Waals surface area contributed by atoms with Gasteiger partial charge in [0.25, 0.3) is 5.91 Å². The lowest BCUT2D eigenvalue weighted by atomic mass is 10.1. The summed E-state index contributed by atoms with van der Waals surface area (Å²) < 4.78 is 11.3. The number of nitrogens with two attached hydrogens (primary N) is 1. The number of hydrogen-bond donors (Lipinski definition) is 2. The summed E-state index contributed by atoms with van der Waals surface area (Å²) in [6.45, 7) is 7.07. The molecule has 1 aliphatic heterocycles. The van der Waals surface area contributed by atoms with E-state index in [0.717, 1.165) is 18.7 Å². The van der Waals surface area contributed by atoms with Crippen LogP contribution in [0.3, 0.4) is 0 Å². The molecule has 0 aliphatic carbocycles. The van der Waals surface area contributed by atoms with Crippen molar-refractivity contribution in [1.29, 1.82) is 0 Å². The van der Waals surface area contributed by atoms with Crippen molar-refractivity contribution < 1.29 is 14.3 Å². The van der Waals surface area contributed by atoms with Gasteiger partial charge < -0.3 is 25.4 Å². The van der Waals surface area contributed by atoms with Crippen LogP contribution in [0.5, 0.6) is 5.75 Å². The van der Waals surface area contributed by atoms with Crippen molar-refractivity contribution in [3.05, 3.63) is 29.3 Å². The molecule has 1 heterocycles. The molecule has 0 saturated carbocycles. The van der Waals surface area contributed by atoms with Crippen molar-refractivity contribution >= 4 is 5.91 Å². The van der Waals surface area contributed by atoms with Crippen molar-refractivity contribution in [3.8, 4) is 5.75 Å². The molecule has 3 N–H and O–H groups in total. The van der Waals surface area contributed by atoms with Crippen molar-refractivity contribution in [1.82, 2.24) is 10.2 Å². The molecule has 1 aromatic rings. The van der Waals surface area contributed by atoms with E-state index >= 15 is 0 Å². The highest BCUT2D eigenvalue weighted by Crippen LogP contribution is 2.20. The molecule has 0 bridgehead atoms. The number of carbonyl (C=O) groups is 1. The fourth-order valence-corrected chi connectivity index (χ4v) is 2.80. The van der Waals surface area contributed by atoms with E-state index in [1.54, 1.807) is 6.07 Å². The van der Waals surface area contributed by atoms with Crippen molar-refractivity contribution in [3.63, 3.8) is 0 Å². The van der Waals surface area contributed by atoms with E-state index in [1.807, 2.05) is 33.0 Å². The van der Waals surface area contributed by atoms with E-state index in [4.69, 9.17) is 15.2 Å². The predicted molar refractivity (Wildman–Crippen MR) is 89.9 cm³/mol. The molecule has 6 nitrogen and oxygen atoms in total. The summed E-state index contributed by atoms with van der Waals surface area (Å²) in [5.41, 5.74) is 7.05. The lowest BCUT2D eigenvalue weighted by molar-refractivity contribution is 0.0513. The molecule has 1 aliphatic rings. The zero-order valence-corrected chi connectivity index (χ0v) is 14.2. The molecule has 0 unspecified atom stereocenters. The highest BCUT2D eigenvalue weighted by Gasteiger charge is 2.32. The summed E-state index contributed by atoms with van der Waals surface area (Å²) >= 11 is 0. The number of carbonyl (C=O) groups excluding carboxylic acids is 1. The van der Waals surface area contributed by atoms with Gasteiger partial charge in [-0.15, -0.1) is 0 Å². The second-order valence-corrected chi connectivity index (χ2v) is 5.91. The van der Waals surface area contributed by atoms with Gasteiger partial charge in [0.2, 0.25) is 0 Å². The van der Waals surface area contributed by atoms with Gasteiger partial charge in [-0.25, -0.2) is 0 Å². The van der Waals surface area contributed by atoms with E-state index in [0.29, 0.717) is 31.1 Å². The van der Waals surface area contributed by atoms with Gasteiger partial charge in [-0.05, 0) is 38.6 Å². The first-order valence-electron chi connectivity index (χ1n) is 8.09. The number of likely N-dealkylation sites (tertiary alicyclic amines) is 1. The molecule has 23 heavy (non-hydrogen) atoms. The molecular formula is C17H27N3O3. The number of aryl methyl sites for hydroxylation is 1. The first kappa shape index (κ1) is 17.7. The SMILES string of the molecule is CCO[C@H]1CN(C)C[C@@H]1NC(=O)c1ccc(C)c(OCCN)c1.